The van der Waals surface area contributed by atoms with Crippen LogP contribution in [-0.2, 0) is 10.0 Å². The molecule has 118 valence electrons. The molecule has 10 heteroatoms. The fourth-order valence-corrected chi connectivity index (χ4v) is 4.21. The van der Waals surface area contributed by atoms with E-state index < -0.39 is 42.2 Å². The molecule has 1 heterocycles. The highest BCUT2D eigenvalue weighted by atomic mass is 32.2. The highest BCUT2D eigenvalue weighted by Gasteiger charge is 2.38. The van der Waals surface area contributed by atoms with E-state index in [9.17, 15) is 28.6 Å². The molecule has 9 nitrogen and oxygen atoms in total. The fraction of sp³-hybridized carbons (Fsp3) is 0.333. The number of sulfonamides is 1. The molecule has 0 bridgehead atoms. The van der Waals surface area contributed by atoms with E-state index in [1.54, 1.807) is 0 Å². The third kappa shape index (κ3) is 2.70. The van der Waals surface area contributed by atoms with Crippen molar-refractivity contribution in [1.82, 2.24) is 4.31 Å². The number of nitrogens with zero attached hydrogens (tertiary/aromatic N) is 3. The molecule has 1 aliphatic heterocycles. The maximum absolute atomic E-state index is 12.6. The average molecular weight is 327 g/mol. The molecule has 2 rings (SSSR count). The molecule has 0 N–H and O–H groups in total. The van der Waals surface area contributed by atoms with Gasteiger partial charge in [-0.3, -0.25) is 20.2 Å². The lowest BCUT2D eigenvalue weighted by Gasteiger charge is -2.21. The Hall–Kier alpha value is -2.33. The van der Waals surface area contributed by atoms with Gasteiger partial charge in [0.2, 0.25) is 10.0 Å². The van der Waals surface area contributed by atoms with Crippen LogP contribution in [0.4, 0.5) is 11.4 Å². The van der Waals surface area contributed by atoms with E-state index in [0.29, 0.717) is 18.9 Å². The van der Waals surface area contributed by atoms with E-state index >= 15 is 0 Å². The number of non-ortho nitro benzene ring substituents is 1. The summed E-state index contributed by atoms with van der Waals surface area (Å²) in [5.41, 5.74) is -1.34. The Morgan fingerprint density at radius 1 is 1.27 bits per heavy atom. The summed E-state index contributed by atoms with van der Waals surface area (Å²) in [6, 6.07) is 2.08. The summed E-state index contributed by atoms with van der Waals surface area (Å²) < 4.78 is 26.4. The van der Waals surface area contributed by atoms with Gasteiger partial charge in [-0.2, -0.15) is 4.31 Å². The lowest BCUT2D eigenvalue weighted by atomic mass is 10.2. The normalized spacial score (nSPS) is 19.0. The fourth-order valence-electron chi connectivity index (χ4n) is 2.41. The molecule has 0 aromatic heterocycles. The van der Waals surface area contributed by atoms with Crippen molar-refractivity contribution in [3.05, 3.63) is 51.1 Å². The molecule has 1 aromatic carbocycles. The zero-order chi connectivity index (χ0) is 16.5. The van der Waals surface area contributed by atoms with Crippen molar-refractivity contribution >= 4 is 21.4 Å². The van der Waals surface area contributed by atoms with E-state index in [0.717, 1.165) is 16.4 Å². The first-order valence-electron chi connectivity index (χ1n) is 6.36. The Bertz CT molecular complexity index is 745. The van der Waals surface area contributed by atoms with Crippen LogP contribution >= 0.6 is 0 Å². The Kier molecular flexibility index (Phi) is 4.24. The molecule has 0 spiro atoms. The highest BCUT2D eigenvalue weighted by molar-refractivity contribution is 7.89. The monoisotopic (exact) mass is 327 g/mol. The van der Waals surface area contributed by atoms with Gasteiger partial charge in [-0.1, -0.05) is 6.08 Å². The molecular formula is C12H13N3O6S. The number of hydrogen-bond donors (Lipinski definition) is 0. The van der Waals surface area contributed by atoms with E-state index in [1.807, 2.05) is 0 Å². The molecule has 1 fully saturated rings. The number of nitro groups is 2. The highest BCUT2D eigenvalue weighted by Crippen LogP contribution is 2.33. The standard InChI is InChI=1S/C12H13N3O6S/c1-2-9-4-3-7-13(9)22(20,21)12-6-5-10(14(16)17)8-11(12)15(18)19/h2,5-6,8-9H,1,3-4,7H2/t9-/m0/s1. The quantitative estimate of drug-likeness (QED) is 0.462. The minimum Gasteiger partial charge on any atom is -0.258 e. The molecule has 0 unspecified atom stereocenters. The van der Waals surface area contributed by atoms with Crippen molar-refractivity contribution in [3.8, 4) is 0 Å². The van der Waals surface area contributed by atoms with E-state index in [2.05, 4.69) is 6.58 Å². The predicted octanol–water partition coefficient (Wildman–Crippen LogP) is 1.84. The van der Waals surface area contributed by atoms with Gasteiger partial charge in [-0.15, -0.1) is 6.58 Å². The average Bonchev–Trinajstić information content (AvgIpc) is 2.95. The van der Waals surface area contributed by atoms with Gasteiger partial charge in [0, 0.05) is 18.7 Å². The largest absolute Gasteiger partial charge is 0.296 e. The first-order chi connectivity index (χ1) is 10.3. The van der Waals surface area contributed by atoms with Crippen LogP contribution in [0.1, 0.15) is 12.8 Å². The van der Waals surface area contributed by atoms with Crippen LogP contribution in [0.25, 0.3) is 0 Å². The van der Waals surface area contributed by atoms with Gasteiger partial charge in [0.25, 0.3) is 11.4 Å². The van der Waals surface area contributed by atoms with E-state index in [-0.39, 0.29) is 6.54 Å². The summed E-state index contributed by atoms with van der Waals surface area (Å²) in [4.78, 5) is 19.5. The van der Waals surface area contributed by atoms with Crippen molar-refractivity contribution in [2.24, 2.45) is 0 Å². The molecule has 0 amide bonds. The minimum atomic E-state index is -4.12. The van der Waals surface area contributed by atoms with Crippen molar-refractivity contribution < 1.29 is 18.3 Å². The zero-order valence-corrected chi connectivity index (χ0v) is 12.2. The molecule has 0 saturated carbocycles. The second-order valence-electron chi connectivity index (χ2n) is 4.73. The van der Waals surface area contributed by atoms with Gasteiger partial charge in [0.05, 0.1) is 15.9 Å². The van der Waals surface area contributed by atoms with Crippen LogP contribution < -0.4 is 0 Å². The zero-order valence-electron chi connectivity index (χ0n) is 11.4. The number of nitro benzene ring substituents is 2. The minimum absolute atomic E-state index is 0.229. The van der Waals surface area contributed by atoms with Gasteiger partial charge in [0.1, 0.15) is 0 Å². The number of benzene rings is 1. The Morgan fingerprint density at radius 2 is 1.95 bits per heavy atom. The Balaban J connectivity index is 2.58. The Labute approximate surface area is 126 Å². The van der Waals surface area contributed by atoms with Crippen molar-refractivity contribution in [2.45, 2.75) is 23.8 Å². The summed E-state index contributed by atoms with van der Waals surface area (Å²) in [6.45, 7) is 3.79. The summed E-state index contributed by atoms with van der Waals surface area (Å²) in [7, 11) is -4.12. The molecule has 0 radical (unpaired) electrons. The first-order valence-corrected chi connectivity index (χ1v) is 7.80. The number of hydrogen-bond acceptors (Lipinski definition) is 6. The lowest BCUT2D eigenvalue weighted by molar-refractivity contribution is -0.396. The van der Waals surface area contributed by atoms with Crippen LogP contribution in [0.2, 0.25) is 0 Å². The van der Waals surface area contributed by atoms with Crippen LogP contribution in [0.5, 0.6) is 0 Å². The summed E-state index contributed by atoms with van der Waals surface area (Å²) in [5, 5.41) is 21.8. The SMILES string of the molecule is C=C[C@H]1CCCN1S(=O)(=O)c1ccc([N+](=O)[O-])cc1[N+](=O)[O-]. The lowest BCUT2D eigenvalue weighted by Crippen LogP contribution is -2.34. The Morgan fingerprint density at radius 3 is 2.50 bits per heavy atom. The molecule has 22 heavy (non-hydrogen) atoms. The molecule has 1 atom stereocenters. The third-order valence-electron chi connectivity index (χ3n) is 3.46. The summed E-state index contributed by atoms with van der Waals surface area (Å²) in [5.74, 6) is 0. The van der Waals surface area contributed by atoms with Gasteiger partial charge in [-0.05, 0) is 18.9 Å². The van der Waals surface area contributed by atoms with Crippen molar-refractivity contribution in [2.75, 3.05) is 6.54 Å². The summed E-state index contributed by atoms with van der Waals surface area (Å²) >= 11 is 0. The van der Waals surface area contributed by atoms with E-state index in [4.69, 9.17) is 0 Å². The maximum Gasteiger partial charge on any atom is 0.296 e. The summed E-state index contributed by atoms with van der Waals surface area (Å²) in [6.07, 6.45) is 2.68. The van der Waals surface area contributed by atoms with Crippen LogP contribution in [0.15, 0.2) is 35.7 Å². The maximum atomic E-state index is 12.6. The topological polar surface area (TPSA) is 124 Å². The van der Waals surface area contributed by atoms with Gasteiger partial charge < -0.3 is 0 Å². The first kappa shape index (κ1) is 16.0. The smallest absolute Gasteiger partial charge is 0.258 e. The molecular weight excluding hydrogens is 314 g/mol. The van der Waals surface area contributed by atoms with Crippen LogP contribution in [0.3, 0.4) is 0 Å². The second kappa shape index (κ2) is 5.81. The van der Waals surface area contributed by atoms with Gasteiger partial charge in [-0.25, -0.2) is 8.42 Å². The van der Waals surface area contributed by atoms with E-state index in [1.165, 1.54) is 6.08 Å². The second-order valence-corrected chi connectivity index (χ2v) is 6.59. The third-order valence-corrected chi connectivity index (χ3v) is 5.43. The van der Waals surface area contributed by atoms with Crippen LogP contribution in [-0.4, -0.2) is 35.2 Å². The van der Waals surface area contributed by atoms with Crippen LogP contribution in [0, 0.1) is 20.2 Å². The molecule has 1 saturated heterocycles. The van der Waals surface area contributed by atoms with Gasteiger partial charge >= 0.3 is 0 Å². The molecule has 1 aromatic rings. The van der Waals surface area contributed by atoms with Gasteiger partial charge in [0.15, 0.2) is 4.90 Å². The molecule has 0 aliphatic carbocycles. The van der Waals surface area contributed by atoms with Crippen molar-refractivity contribution in [3.63, 3.8) is 0 Å². The van der Waals surface area contributed by atoms with Crippen molar-refractivity contribution in [1.29, 1.82) is 0 Å². The number of rotatable bonds is 5. The molecule has 1 aliphatic rings. The predicted molar refractivity (Wildman–Crippen MR) is 76.9 cm³/mol.